The van der Waals surface area contributed by atoms with Crippen LogP contribution < -0.4 is 10.4 Å². The average Bonchev–Trinajstić information content (AvgIpc) is 3.44. The number of hydrogen-bond acceptors (Lipinski definition) is 0. The molecule has 236 valence electrons. The maximum Gasteiger partial charge on any atom is 0.0541 e. The van der Waals surface area contributed by atoms with Crippen LogP contribution in [0.3, 0.4) is 0 Å². The molecule has 1 heterocycles. The molecular formula is C47H43N. The molecule has 0 saturated heterocycles. The second-order valence-corrected chi connectivity index (χ2v) is 14.4. The van der Waals surface area contributed by atoms with Crippen LogP contribution >= 0.6 is 0 Å². The van der Waals surface area contributed by atoms with Crippen LogP contribution in [0.5, 0.6) is 0 Å². The second-order valence-electron chi connectivity index (χ2n) is 14.4. The number of fused-ring (bicyclic) bond motifs is 5. The fraction of sp³-hybridized carbons (Fsp3) is 0.191. The summed E-state index contributed by atoms with van der Waals surface area (Å²) in [5.74, 6) is 0.576. The van der Waals surface area contributed by atoms with Crippen molar-refractivity contribution in [2.24, 2.45) is 5.92 Å². The third-order valence-electron chi connectivity index (χ3n) is 10.5. The van der Waals surface area contributed by atoms with Crippen molar-refractivity contribution in [2.75, 3.05) is 0 Å². The molecule has 0 bridgehead atoms. The maximum atomic E-state index is 4.85. The van der Waals surface area contributed by atoms with Gasteiger partial charge in [0.15, 0.2) is 0 Å². The van der Waals surface area contributed by atoms with Gasteiger partial charge in [0.2, 0.25) is 0 Å². The Morgan fingerprint density at radius 1 is 0.750 bits per heavy atom. The lowest BCUT2D eigenvalue weighted by Gasteiger charge is -2.28. The first-order valence-corrected chi connectivity index (χ1v) is 17.4. The van der Waals surface area contributed by atoms with E-state index in [-0.39, 0.29) is 5.41 Å². The first-order valence-electron chi connectivity index (χ1n) is 17.4. The lowest BCUT2D eigenvalue weighted by atomic mass is 9.76. The van der Waals surface area contributed by atoms with Gasteiger partial charge in [0, 0.05) is 16.5 Å². The van der Waals surface area contributed by atoms with E-state index in [0.29, 0.717) is 5.92 Å². The zero-order valence-electron chi connectivity index (χ0n) is 28.6. The third-order valence-corrected chi connectivity index (χ3v) is 10.5. The molecule has 2 aliphatic rings. The summed E-state index contributed by atoms with van der Waals surface area (Å²) in [4.78, 5) is 0. The molecule has 0 fully saturated rings. The van der Waals surface area contributed by atoms with Gasteiger partial charge in [0.25, 0.3) is 0 Å². The number of nitrogens with zero attached hydrogens (tertiary/aromatic N) is 1. The van der Waals surface area contributed by atoms with E-state index in [1.165, 1.54) is 77.6 Å². The third kappa shape index (κ3) is 4.92. The Kier molecular flexibility index (Phi) is 7.45. The highest BCUT2D eigenvalue weighted by Crippen LogP contribution is 2.41. The van der Waals surface area contributed by atoms with Crippen molar-refractivity contribution < 1.29 is 0 Å². The summed E-state index contributed by atoms with van der Waals surface area (Å²) >= 11 is 0. The zero-order valence-corrected chi connectivity index (χ0v) is 28.6. The lowest BCUT2D eigenvalue weighted by molar-refractivity contribution is 0.568. The van der Waals surface area contributed by atoms with Crippen LogP contribution in [0.2, 0.25) is 0 Å². The molecule has 0 radical (unpaired) electrons. The van der Waals surface area contributed by atoms with Crippen molar-refractivity contribution >= 4 is 50.8 Å². The van der Waals surface area contributed by atoms with Gasteiger partial charge in [-0.3, -0.25) is 0 Å². The van der Waals surface area contributed by atoms with Crippen molar-refractivity contribution in [3.8, 4) is 16.8 Å². The van der Waals surface area contributed by atoms with Crippen LogP contribution in [0.1, 0.15) is 58.1 Å². The van der Waals surface area contributed by atoms with Gasteiger partial charge in [-0.2, -0.15) is 0 Å². The monoisotopic (exact) mass is 621 g/mol. The molecular weight excluding hydrogens is 579 g/mol. The number of aromatic nitrogens is 1. The minimum Gasteiger partial charge on any atom is -0.309 e. The van der Waals surface area contributed by atoms with Crippen LogP contribution in [0.25, 0.3) is 67.6 Å². The summed E-state index contributed by atoms with van der Waals surface area (Å²) in [6, 6.07) is 33.7. The van der Waals surface area contributed by atoms with Crippen LogP contribution in [-0.2, 0) is 5.41 Å². The number of hydrogen-bond donors (Lipinski definition) is 0. The van der Waals surface area contributed by atoms with E-state index >= 15 is 0 Å². The van der Waals surface area contributed by atoms with Crippen LogP contribution in [0.4, 0.5) is 0 Å². The predicted octanol–water partition coefficient (Wildman–Crippen LogP) is 11.3. The van der Waals surface area contributed by atoms with Crippen LogP contribution in [0, 0.1) is 5.92 Å². The topological polar surface area (TPSA) is 4.93 Å². The van der Waals surface area contributed by atoms with Gasteiger partial charge in [0.05, 0.1) is 11.0 Å². The molecule has 1 aromatic heterocycles. The molecule has 0 aliphatic heterocycles. The molecule has 0 spiro atoms. The van der Waals surface area contributed by atoms with Crippen LogP contribution in [0.15, 0.2) is 133 Å². The Balaban J connectivity index is 1.41. The van der Waals surface area contributed by atoms with E-state index in [4.69, 9.17) is 6.58 Å². The van der Waals surface area contributed by atoms with E-state index in [1.807, 2.05) is 0 Å². The highest BCUT2D eigenvalue weighted by Gasteiger charge is 2.25. The van der Waals surface area contributed by atoms with Gasteiger partial charge in [-0.25, -0.2) is 0 Å². The molecule has 8 rings (SSSR count). The zero-order chi connectivity index (χ0) is 33.0. The number of allylic oxidation sites excluding steroid dienone is 8. The standard InChI is InChI=1S/C47H43N/c1-6-7-17-36-31(2)45(33-24-27-35(28-25-33)48-43-22-12-10-19-38(43)39-20-11-13-23-44(39)48)41-29-26-34(47(3,4)5)30-42(41)46(36)40-21-14-16-32-15-8-9-18-37(32)40/h6-7,9-14,17-30,32H,2,8,15-16H2,1,3-5H3/b7-6-,36-17+/t32-/m1/s1. The Bertz CT molecular complexity index is 2410. The Hall–Kier alpha value is -5.14. The van der Waals surface area contributed by atoms with E-state index in [9.17, 15) is 0 Å². The van der Waals surface area contributed by atoms with Gasteiger partial charge in [-0.05, 0) is 122 Å². The van der Waals surface area contributed by atoms with Crippen molar-refractivity contribution in [3.63, 3.8) is 0 Å². The summed E-state index contributed by atoms with van der Waals surface area (Å²) in [5, 5.41) is 7.40. The molecule has 0 N–H and O–H groups in total. The van der Waals surface area contributed by atoms with Gasteiger partial charge < -0.3 is 4.57 Å². The summed E-state index contributed by atoms with van der Waals surface area (Å²) in [7, 11) is 0. The highest BCUT2D eigenvalue weighted by molar-refractivity contribution is 6.09. The van der Waals surface area contributed by atoms with Gasteiger partial charge in [-0.15, -0.1) is 0 Å². The molecule has 48 heavy (non-hydrogen) atoms. The molecule has 1 atom stereocenters. The van der Waals surface area contributed by atoms with E-state index in [2.05, 4.69) is 166 Å². The molecule has 1 heteroatoms. The minimum absolute atomic E-state index is 0.0272. The molecule has 0 amide bonds. The molecule has 5 aromatic carbocycles. The summed E-state index contributed by atoms with van der Waals surface area (Å²) in [6.07, 6.45) is 19.6. The van der Waals surface area contributed by atoms with Crippen molar-refractivity contribution in [2.45, 2.75) is 52.4 Å². The van der Waals surface area contributed by atoms with E-state index in [1.54, 1.807) is 0 Å². The molecule has 0 saturated carbocycles. The molecule has 6 aromatic rings. The Morgan fingerprint density at radius 2 is 1.46 bits per heavy atom. The van der Waals surface area contributed by atoms with E-state index < -0.39 is 0 Å². The number of rotatable bonds is 4. The van der Waals surface area contributed by atoms with Crippen molar-refractivity contribution in [1.82, 2.24) is 4.57 Å². The fourth-order valence-corrected chi connectivity index (χ4v) is 8.03. The first-order chi connectivity index (χ1) is 23.3. The normalized spacial score (nSPS) is 17.0. The first kappa shape index (κ1) is 30.2. The van der Waals surface area contributed by atoms with Gasteiger partial charge >= 0.3 is 0 Å². The van der Waals surface area contributed by atoms with Gasteiger partial charge in [0.1, 0.15) is 0 Å². The van der Waals surface area contributed by atoms with Crippen molar-refractivity contribution in [3.05, 3.63) is 155 Å². The Labute approximate surface area is 284 Å². The minimum atomic E-state index is 0.0272. The molecule has 0 unspecified atom stereocenters. The second kappa shape index (κ2) is 11.8. The van der Waals surface area contributed by atoms with Gasteiger partial charge in [-0.1, -0.05) is 131 Å². The van der Waals surface area contributed by atoms with Crippen LogP contribution in [-0.4, -0.2) is 4.57 Å². The average molecular weight is 622 g/mol. The summed E-state index contributed by atoms with van der Waals surface area (Å²) in [6.45, 7) is 13.9. The van der Waals surface area contributed by atoms with E-state index in [0.717, 1.165) is 23.7 Å². The smallest absolute Gasteiger partial charge is 0.0541 e. The van der Waals surface area contributed by atoms with Crippen molar-refractivity contribution in [1.29, 1.82) is 0 Å². The lowest BCUT2D eigenvalue weighted by Crippen LogP contribution is -2.30. The molecule has 2 aliphatic carbocycles. The quantitative estimate of drug-likeness (QED) is 0.185. The predicted molar refractivity (Wildman–Crippen MR) is 209 cm³/mol. The SMILES string of the molecule is C=c1c(-c2ccc(-n3c4ccccc4c4ccccc43)cc2)c2ccc(C(C)(C)C)cc2c(C2=C3C=CCC[C@@H]3CC=C2)/c1=C/C=C\C. The summed E-state index contributed by atoms with van der Waals surface area (Å²) < 4.78 is 2.39. The summed E-state index contributed by atoms with van der Waals surface area (Å²) in [5.41, 5.74) is 11.5. The highest BCUT2D eigenvalue weighted by atomic mass is 15.0. The Morgan fingerprint density at radius 3 is 2.15 bits per heavy atom. The maximum absolute atomic E-state index is 4.85. The number of para-hydroxylation sites is 2. The number of benzene rings is 5. The largest absolute Gasteiger partial charge is 0.309 e. The fourth-order valence-electron chi connectivity index (χ4n) is 8.03. The molecule has 1 nitrogen and oxygen atoms in total.